The highest BCUT2D eigenvalue weighted by molar-refractivity contribution is 6.02. The van der Waals surface area contributed by atoms with Gasteiger partial charge >= 0.3 is 0 Å². The monoisotopic (exact) mass is 221 g/mol. The van der Waals surface area contributed by atoms with Crippen molar-refractivity contribution in [2.75, 3.05) is 13.6 Å². The van der Waals surface area contributed by atoms with Gasteiger partial charge in [0.2, 0.25) is 0 Å². The largest absolute Gasteiger partial charge is 0.341 e. The molecule has 1 amide bonds. The quantitative estimate of drug-likeness (QED) is 0.364. The second-order valence-corrected chi connectivity index (χ2v) is 3.08. The third-order valence-electron chi connectivity index (χ3n) is 2.02. The molecule has 0 atom stereocenters. The first-order valence-corrected chi connectivity index (χ1v) is 4.75. The van der Waals surface area contributed by atoms with Gasteiger partial charge in [0.15, 0.2) is 6.29 Å². The molecule has 0 aliphatic heterocycles. The molecule has 0 aliphatic carbocycles. The fourth-order valence-electron chi connectivity index (χ4n) is 1.10. The molecule has 0 saturated carbocycles. The van der Waals surface area contributed by atoms with Gasteiger partial charge in [0, 0.05) is 31.2 Å². The van der Waals surface area contributed by atoms with Crippen molar-refractivity contribution in [3.8, 4) is 0 Å². The molecule has 0 heterocycles. The lowest BCUT2D eigenvalue weighted by molar-refractivity contribution is -0.126. The SMILES string of the molecule is C=C/C(C=O)=C(\C=C)C(=O)N(C)CCC=O. The van der Waals surface area contributed by atoms with Crippen molar-refractivity contribution in [2.24, 2.45) is 0 Å². The van der Waals surface area contributed by atoms with Crippen molar-refractivity contribution >= 4 is 18.5 Å². The molecule has 86 valence electrons. The third-order valence-corrected chi connectivity index (χ3v) is 2.02. The number of carbonyl (C=O) groups excluding carboxylic acids is 3. The molecule has 0 aromatic heterocycles. The van der Waals surface area contributed by atoms with E-state index in [2.05, 4.69) is 13.2 Å². The van der Waals surface area contributed by atoms with Gasteiger partial charge in [0.25, 0.3) is 5.91 Å². The molecule has 0 aliphatic rings. The lowest BCUT2D eigenvalue weighted by Gasteiger charge is -2.16. The summed E-state index contributed by atoms with van der Waals surface area (Å²) in [6.07, 6.45) is 4.16. The summed E-state index contributed by atoms with van der Waals surface area (Å²) in [5.41, 5.74) is 0.386. The Hall–Kier alpha value is -1.97. The third kappa shape index (κ3) is 3.65. The standard InChI is InChI=1S/C12H15NO3/c1-4-10(9-15)11(5-2)12(16)13(3)7-6-8-14/h4-5,8-9H,1-2,6-7H2,3H3/b11-10-. The molecule has 0 bridgehead atoms. The van der Waals surface area contributed by atoms with Gasteiger partial charge in [-0.25, -0.2) is 0 Å². The maximum atomic E-state index is 11.8. The van der Waals surface area contributed by atoms with Gasteiger partial charge < -0.3 is 9.69 Å². The van der Waals surface area contributed by atoms with E-state index < -0.39 is 0 Å². The summed E-state index contributed by atoms with van der Waals surface area (Å²) in [5, 5.41) is 0. The van der Waals surface area contributed by atoms with Crippen molar-refractivity contribution in [2.45, 2.75) is 6.42 Å². The fraction of sp³-hybridized carbons (Fsp3) is 0.250. The predicted molar refractivity (Wildman–Crippen MR) is 61.8 cm³/mol. The van der Waals surface area contributed by atoms with Gasteiger partial charge in [-0.1, -0.05) is 25.3 Å². The Labute approximate surface area is 94.9 Å². The van der Waals surface area contributed by atoms with Crippen LogP contribution in [0.5, 0.6) is 0 Å². The zero-order chi connectivity index (χ0) is 12.6. The van der Waals surface area contributed by atoms with Crippen molar-refractivity contribution in [1.29, 1.82) is 0 Å². The smallest absolute Gasteiger partial charge is 0.254 e. The van der Waals surface area contributed by atoms with Gasteiger partial charge in [-0.2, -0.15) is 0 Å². The number of aldehydes is 2. The molecule has 0 fully saturated rings. The Morgan fingerprint density at radius 3 is 2.25 bits per heavy atom. The molecule has 4 heteroatoms. The van der Waals surface area contributed by atoms with E-state index in [4.69, 9.17) is 0 Å². The lowest BCUT2D eigenvalue weighted by Crippen LogP contribution is -2.29. The number of hydrogen-bond donors (Lipinski definition) is 0. The maximum absolute atomic E-state index is 11.8. The molecule has 0 aromatic rings. The minimum absolute atomic E-state index is 0.193. The molecule has 0 aromatic carbocycles. The van der Waals surface area contributed by atoms with E-state index in [1.54, 1.807) is 7.05 Å². The average molecular weight is 221 g/mol. The van der Waals surface area contributed by atoms with E-state index in [0.29, 0.717) is 12.8 Å². The second kappa shape index (κ2) is 7.34. The van der Waals surface area contributed by atoms with Gasteiger partial charge in [0.1, 0.15) is 6.29 Å². The summed E-state index contributed by atoms with van der Waals surface area (Å²) in [7, 11) is 1.56. The van der Waals surface area contributed by atoms with Crippen LogP contribution in [0.25, 0.3) is 0 Å². The number of amides is 1. The van der Waals surface area contributed by atoms with Crippen molar-refractivity contribution in [3.05, 3.63) is 36.5 Å². The number of nitrogens with zero attached hydrogens (tertiary/aromatic N) is 1. The van der Waals surface area contributed by atoms with Crippen LogP contribution in [-0.4, -0.2) is 37.0 Å². The Morgan fingerprint density at radius 1 is 1.25 bits per heavy atom. The van der Waals surface area contributed by atoms with E-state index in [1.165, 1.54) is 17.1 Å². The number of hydrogen-bond acceptors (Lipinski definition) is 3. The first-order valence-electron chi connectivity index (χ1n) is 4.75. The minimum atomic E-state index is -0.348. The van der Waals surface area contributed by atoms with Crippen LogP contribution < -0.4 is 0 Å². The van der Waals surface area contributed by atoms with Crippen LogP contribution in [0.4, 0.5) is 0 Å². The summed E-state index contributed by atoms with van der Waals surface area (Å²) in [6, 6.07) is 0. The molecule has 16 heavy (non-hydrogen) atoms. The highest BCUT2D eigenvalue weighted by atomic mass is 16.2. The normalized spacial score (nSPS) is 11.1. The van der Waals surface area contributed by atoms with E-state index in [9.17, 15) is 14.4 Å². The van der Waals surface area contributed by atoms with Crippen molar-refractivity contribution in [3.63, 3.8) is 0 Å². The highest BCUT2D eigenvalue weighted by Gasteiger charge is 2.14. The zero-order valence-corrected chi connectivity index (χ0v) is 9.31. The summed E-state index contributed by atoms with van der Waals surface area (Å²) >= 11 is 0. The predicted octanol–water partition coefficient (Wildman–Crippen LogP) is 0.901. The number of likely N-dealkylation sites (N-methyl/N-ethyl adjacent to an activating group) is 1. The first kappa shape index (κ1) is 14.0. The Balaban J connectivity index is 4.97. The van der Waals surface area contributed by atoms with Crippen LogP contribution in [-0.2, 0) is 14.4 Å². The average Bonchev–Trinajstić information content (AvgIpc) is 2.31. The van der Waals surface area contributed by atoms with Gasteiger partial charge in [-0.05, 0) is 0 Å². The van der Waals surface area contributed by atoms with E-state index in [0.717, 1.165) is 6.29 Å². The summed E-state index contributed by atoms with van der Waals surface area (Å²) < 4.78 is 0. The van der Waals surface area contributed by atoms with Gasteiger partial charge in [0.05, 0.1) is 0 Å². The van der Waals surface area contributed by atoms with E-state index >= 15 is 0 Å². The Kier molecular flexibility index (Phi) is 6.43. The van der Waals surface area contributed by atoms with Crippen LogP contribution in [0, 0.1) is 0 Å². The van der Waals surface area contributed by atoms with Crippen molar-refractivity contribution in [1.82, 2.24) is 4.90 Å². The number of allylic oxidation sites excluding steroid dienone is 2. The van der Waals surface area contributed by atoms with Crippen LogP contribution in [0.2, 0.25) is 0 Å². The van der Waals surface area contributed by atoms with E-state index in [-0.39, 0.29) is 23.5 Å². The summed E-state index contributed by atoms with van der Waals surface area (Å²) in [4.78, 5) is 34.0. The van der Waals surface area contributed by atoms with Gasteiger partial charge in [-0.15, -0.1) is 0 Å². The van der Waals surface area contributed by atoms with Crippen LogP contribution in [0.1, 0.15) is 6.42 Å². The second-order valence-electron chi connectivity index (χ2n) is 3.08. The topological polar surface area (TPSA) is 54.5 Å². The Bertz CT molecular complexity index is 332. The molecule has 0 radical (unpaired) electrons. The fourth-order valence-corrected chi connectivity index (χ4v) is 1.10. The Morgan fingerprint density at radius 2 is 1.88 bits per heavy atom. The first-order chi connectivity index (χ1) is 7.62. The highest BCUT2D eigenvalue weighted by Crippen LogP contribution is 2.08. The molecule has 0 spiro atoms. The summed E-state index contributed by atoms with van der Waals surface area (Å²) in [5.74, 6) is -0.348. The molecule has 0 saturated heterocycles. The van der Waals surface area contributed by atoms with Crippen LogP contribution in [0.15, 0.2) is 36.5 Å². The molecule has 0 unspecified atom stereocenters. The van der Waals surface area contributed by atoms with Gasteiger partial charge in [-0.3, -0.25) is 9.59 Å². The number of rotatable bonds is 7. The minimum Gasteiger partial charge on any atom is -0.341 e. The molecular formula is C12H15NO3. The maximum Gasteiger partial charge on any atom is 0.254 e. The summed E-state index contributed by atoms with van der Waals surface area (Å²) in [6.45, 7) is 7.23. The zero-order valence-electron chi connectivity index (χ0n) is 9.31. The molecular weight excluding hydrogens is 206 g/mol. The van der Waals surface area contributed by atoms with Crippen LogP contribution >= 0.6 is 0 Å². The lowest BCUT2D eigenvalue weighted by atomic mass is 10.1. The van der Waals surface area contributed by atoms with Crippen LogP contribution in [0.3, 0.4) is 0 Å². The van der Waals surface area contributed by atoms with E-state index in [1.807, 2.05) is 0 Å². The number of carbonyl (C=O) groups is 3. The molecule has 0 rings (SSSR count). The van der Waals surface area contributed by atoms with Crippen molar-refractivity contribution < 1.29 is 14.4 Å². The molecule has 4 nitrogen and oxygen atoms in total. The molecule has 0 N–H and O–H groups in total.